The predicted molar refractivity (Wildman–Crippen MR) is 88.5 cm³/mol. The van der Waals surface area contributed by atoms with Gasteiger partial charge >= 0.3 is 0 Å². The average molecular weight is 310 g/mol. The lowest BCUT2D eigenvalue weighted by molar-refractivity contribution is -0.115. The van der Waals surface area contributed by atoms with E-state index in [1.54, 1.807) is 37.6 Å². The van der Waals surface area contributed by atoms with Crippen molar-refractivity contribution in [2.45, 2.75) is 6.92 Å². The van der Waals surface area contributed by atoms with Crippen molar-refractivity contribution < 1.29 is 9.53 Å². The molecule has 1 amide bonds. The van der Waals surface area contributed by atoms with Crippen molar-refractivity contribution in [1.82, 2.24) is 4.98 Å². The summed E-state index contributed by atoms with van der Waals surface area (Å²) in [7, 11) is 1.58. The van der Waals surface area contributed by atoms with Gasteiger partial charge in [-0.2, -0.15) is 5.26 Å². The third-order valence-corrected chi connectivity index (χ3v) is 3.30. The number of hydrogen-bond donors (Lipinski definition) is 1. The molecule has 1 aromatic heterocycles. The molecule has 118 valence electrons. The first kappa shape index (κ1) is 16.3. The van der Waals surface area contributed by atoms with Crippen LogP contribution in [0.1, 0.15) is 12.6 Å². The van der Waals surface area contributed by atoms with Crippen molar-refractivity contribution in [2.24, 2.45) is 0 Å². The summed E-state index contributed by atoms with van der Waals surface area (Å²) in [4.78, 5) is 18.1. The van der Waals surface area contributed by atoms with E-state index < -0.39 is 0 Å². The quantitative estimate of drug-likeness (QED) is 0.886. The zero-order valence-corrected chi connectivity index (χ0v) is 13.1. The molecule has 1 aromatic carbocycles. The highest BCUT2D eigenvalue weighted by atomic mass is 16.5. The largest absolute Gasteiger partial charge is 0.497 e. The summed E-state index contributed by atoms with van der Waals surface area (Å²) in [6.45, 7) is 2.80. The van der Waals surface area contributed by atoms with Crippen LogP contribution in [0, 0.1) is 11.3 Å². The lowest BCUT2D eigenvalue weighted by Crippen LogP contribution is -2.33. The van der Waals surface area contributed by atoms with Crippen molar-refractivity contribution in [2.75, 3.05) is 30.4 Å². The molecule has 6 nitrogen and oxygen atoms in total. The first-order valence-electron chi connectivity index (χ1n) is 7.21. The molecule has 0 unspecified atom stereocenters. The van der Waals surface area contributed by atoms with E-state index in [1.165, 1.54) is 0 Å². The number of nitrogens with one attached hydrogen (secondary N) is 1. The fourth-order valence-corrected chi connectivity index (χ4v) is 2.10. The second-order valence-corrected chi connectivity index (χ2v) is 4.81. The fraction of sp³-hybridized carbons (Fsp3) is 0.235. The molecule has 0 spiro atoms. The van der Waals surface area contributed by atoms with Crippen molar-refractivity contribution in [3.8, 4) is 11.8 Å². The number of anilines is 2. The first-order valence-corrected chi connectivity index (χ1v) is 7.21. The van der Waals surface area contributed by atoms with Crippen molar-refractivity contribution >= 4 is 17.3 Å². The second-order valence-electron chi connectivity index (χ2n) is 4.81. The maximum absolute atomic E-state index is 12.2. The molecule has 0 atom stereocenters. The molecule has 2 aromatic rings. The van der Waals surface area contributed by atoms with E-state index in [9.17, 15) is 4.79 Å². The van der Waals surface area contributed by atoms with Gasteiger partial charge in [-0.25, -0.2) is 4.98 Å². The molecule has 2 rings (SSSR count). The lowest BCUT2D eigenvalue weighted by Gasteiger charge is -2.22. The Morgan fingerprint density at radius 2 is 2.22 bits per heavy atom. The molecule has 0 bridgehead atoms. The average Bonchev–Trinajstić information content (AvgIpc) is 2.60. The van der Waals surface area contributed by atoms with E-state index in [-0.39, 0.29) is 12.5 Å². The summed E-state index contributed by atoms with van der Waals surface area (Å²) in [5.41, 5.74) is 1.83. The molecule has 0 fully saturated rings. The number of carbonyl (C=O) groups is 1. The highest BCUT2D eigenvalue weighted by Crippen LogP contribution is 2.17. The van der Waals surface area contributed by atoms with E-state index in [1.807, 2.05) is 30.0 Å². The van der Waals surface area contributed by atoms with Gasteiger partial charge in [-0.3, -0.25) is 4.79 Å². The van der Waals surface area contributed by atoms with Gasteiger partial charge in [-0.15, -0.1) is 0 Å². The maximum atomic E-state index is 12.2. The number of ether oxygens (including phenoxy) is 1. The van der Waals surface area contributed by atoms with E-state index >= 15 is 0 Å². The smallest absolute Gasteiger partial charge is 0.243 e. The Labute approximate surface area is 135 Å². The second kappa shape index (κ2) is 7.80. The molecule has 1 N–H and O–H groups in total. The van der Waals surface area contributed by atoms with Crippen LogP contribution in [-0.4, -0.2) is 31.1 Å². The molecule has 0 aliphatic rings. The van der Waals surface area contributed by atoms with Crippen molar-refractivity contribution in [3.63, 3.8) is 0 Å². The van der Waals surface area contributed by atoms with Gasteiger partial charge in [0.2, 0.25) is 5.91 Å². The number of aromatic nitrogens is 1. The normalized spacial score (nSPS) is 9.78. The highest BCUT2D eigenvalue weighted by Gasteiger charge is 2.11. The Balaban J connectivity index is 2.02. The van der Waals surface area contributed by atoms with Gasteiger partial charge in [0.1, 0.15) is 17.5 Å². The predicted octanol–water partition coefficient (Wildman–Crippen LogP) is 2.43. The summed E-state index contributed by atoms with van der Waals surface area (Å²) < 4.78 is 5.13. The number of benzene rings is 1. The minimum absolute atomic E-state index is 0.135. The van der Waals surface area contributed by atoms with Crippen LogP contribution in [-0.2, 0) is 4.79 Å². The standard InChI is InChI=1S/C17H18N4O2/c1-3-21(15-8-7-14(10-18)19-11-15)12-17(22)20-13-5-4-6-16(9-13)23-2/h4-9,11H,3,12H2,1-2H3,(H,20,22). The number of carbonyl (C=O) groups excluding carboxylic acids is 1. The van der Waals surface area contributed by atoms with Crippen LogP contribution >= 0.6 is 0 Å². The lowest BCUT2D eigenvalue weighted by atomic mass is 10.3. The van der Waals surface area contributed by atoms with Crippen molar-refractivity contribution in [3.05, 3.63) is 48.3 Å². The highest BCUT2D eigenvalue weighted by molar-refractivity contribution is 5.94. The van der Waals surface area contributed by atoms with Crippen LogP contribution in [0.4, 0.5) is 11.4 Å². The SMILES string of the molecule is CCN(CC(=O)Nc1cccc(OC)c1)c1ccc(C#N)nc1. The number of nitrogens with zero attached hydrogens (tertiary/aromatic N) is 3. The Morgan fingerprint density at radius 1 is 1.39 bits per heavy atom. The third kappa shape index (κ3) is 4.45. The van der Waals surface area contributed by atoms with Gasteiger partial charge in [0.15, 0.2) is 0 Å². The number of nitriles is 1. The molecule has 0 radical (unpaired) electrons. The molecule has 23 heavy (non-hydrogen) atoms. The van der Waals surface area contributed by atoms with Crippen LogP contribution in [0.15, 0.2) is 42.6 Å². The van der Waals surface area contributed by atoms with Crippen molar-refractivity contribution in [1.29, 1.82) is 5.26 Å². The summed E-state index contributed by atoms with van der Waals surface area (Å²) in [6.07, 6.45) is 1.60. The zero-order valence-electron chi connectivity index (χ0n) is 13.1. The number of hydrogen-bond acceptors (Lipinski definition) is 5. The van der Waals surface area contributed by atoms with E-state index in [2.05, 4.69) is 10.3 Å². The monoisotopic (exact) mass is 310 g/mol. The van der Waals surface area contributed by atoms with Gasteiger partial charge in [0.25, 0.3) is 0 Å². The molecule has 6 heteroatoms. The van der Waals surface area contributed by atoms with Gasteiger partial charge in [-0.1, -0.05) is 6.07 Å². The van der Waals surface area contributed by atoms with E-state index in [0.717, 1.165) is 5.69 Å². The molecular weight excluding hydrogens is 292 g/mol. The number of rotatable bonds is 6. The molecule has 1 heterocycles. The topological polar surface area (TPSA) is 78.3 Å². The Bertz CT molecular complexity index is 707. The molecular formula is C17H18N4O2. The molecule has 0 aliphatic heterocycles. The number of pyridine rings is 1. The van der Waals surface area contributed by atoms with Crippen LogP contribution in [0.5, 0.6) is 5.75 Å². The van der Waals surface area contributed by atoms with Crippen LogP contribution in [0.25, 0.3) is 0 Å². The van der Waals surface area contributed by atoms with Gasteiger partial charge in [0, 0.05) is 18.3 Å². The van der Waals surface area contributed by atoms with Gasteiger partial charge < -0.3 is 15.0 Å². The summed E-state index contributed by atoms with van der Waals surface area (Å²) in [6, 6.07) is 12.6. The fourth-order valence-electron chi connectivity index (χ4n) is 2.10. The minimum atomic E-state index is -0.135. The number of methoxy groups -OCH3 is 1. The van der Waals surface area contributed by atoms with Crippen LogP contribution < -0.4 is 15.0 Å². The molecule has 0 saturated carbocycles. The summed E-state index contributed by atoms with van der Waals surface area (Å²) in [5.74, 6) is 0.552. The number of amides is 1. The van der Waals surface area contributed by atoms with Gasteiger partial charge in [-0.05, 0) is 31.2 Å². The van der Waals surface area contributed by atoms with Crippen LogP contribution in [0.2, 0.25) is 0 Å². The Hall–Kier alpha value is -3.07. The summed E-state index contributed by atoms with van der Waals surface area (Å²) >= 11 is 0. The Kier molecular flexibility index (Phi) is 5.53. The maximum Gasteiger partial charge on any atom is 0.243 e. The van der Waals surface area contributed by atoms with Gasteiger partial charge in [0.05, 0.1) is 25.5 Å². The van der Waals surface area contributed by atoms with Crippen LogP contribution in [0.3, 0.4) is 0 Å². The molecule has 0 saturated heterocycles. The van der Waals surface area contributed by atoms with E-state index in [4.69, 9.17) is 10.00 Å². The van der Waals surface area contributed by atoms with E-state index in [0.29, 0.717) is 23.7 Å². The first-order chi connectivity index (χ1) is 11.2. The number of likely N-dealkylation sites (N-methyl/N-ethyl adjacent to an activating group) is 1. The third-order valence-electron chi connectivity index (χ3n) is 3.30. The zero-order chi connectivity index (χ0) is 16.7. The summed E-state index contributed by atoms with van der Waals surface area (Å²) in [5, 5.41) is 11.6. The molecule has 0 aliphatic carbocycles. The Morgan fingerprint density at radius 3 is 2.83 bits per heavy atom. The minimum Gasteiger partial charge on any atom is -0.497 e.